The Morgan fingerprint density at radius 3 is 2.67 bits per heavy atom. The predicted octanol–water partition coefficient (Wildman–Crippen LogP) is 1.85. The topological polar surface area (TPSA) is 53.2 Å². The number of nitriles is 1. The van der Waals surface area contributed by atoms with Crippen LogP contribution in [-0.2, 0) is 0 Å². The van der Waals surface area contributed by atoms with Gasteiger partial charge in [-0.15, -0.1) is 0 Å². The Balaban J connectivity index is 2.73. The zero-order valence-corrected chi connectivity index (χ0v) is 8.62. The molecule has 0 aliphatic rings. The Kier molecular flexibility index (Phi) is 3.28. The van der Waals surface area contributed by atoms with E-state index in [0.717, 1.165) is 6.07 Å². The van der Waals surface area contributed by atoms with E-state index in [-0.39, 0.29) is 12.2 Å². The first kappa shape index (κ1) is 11.5. The lowest BCUT2D eigenvalue weighted by atomic mass is 10.1. The summed E-state index contributed by atoms with van der Waals surface area (Å²) in [6.07, 6.45) is 0. The molecule has 0 aliphatic carbocycles. The highest BCUT2D eigenvalue weighted by Crippen LogP contribution is 2.17. The minimum absolute atomic E-state index is 0.0226. The second kappa shape index (κ2) is 4.28. The van der Waals surface area contributed by atoms with Crippen molar-refractivity contribution in [3.8, 4) is 11.8 Å². The Morgan fingerprint density at radius 1 is 1.53 bits per heavy atom. The van der Waals surface area contributed by atoms with Crippen molar-refractivity contribution in [3.05, 3.63) is 29.6 Å². The van der Waals surface area contributed by atoms with E-state index in [9.17, 15) is 9.50 Å². The summed E-state index contributed by atoms with van der Waals surface area (Å²) >= 11 is 0. The smallest absolute Gasteiger partial charge is 0.144 e. The molecule has 4 heteroatoms. The van der Waals surface area contributed by atoms with Gasteiger partial charge in [0.25, 0.3) is 0 Å². The first-order chi connectivity index (χ1) is 6.92. The molecule has 0 unspecified atom stereocenters. The second-order valence-electron chi connectivity index (χ2n) is 3.85. The molecule has 15 heavy (non-hydrogen) atoms. The summed E-state index contributed by atoms with van der Waals surface area (Å²) in [4.78, 5) is 0. The molecule has 0 spiro atoms. The molecule has 0 atom stereocenters. The molecule has 0 heterocycles. The minimum atomic E-state index is -0.968. The highest BCUT2D eigenvalue weighted by molar-refractivity contribution is 5.36. The maximum atomic E-state index is 13.1. The van der Waals surface area contributed by atoms with Crippen molar-refractivity contribution >= 4 is 0 Å². The van der Waals surface area contributed by atoms with Gasteiger partial charge in [0.05, 0.1) is 11.2 Å². The second-order valence-corrected chi connectivity index (χ2v) is 3.85. The normalized spacial score (nSPS) is 10.9. The number of nitrogens with zero attached hydrogens (tertiary/aromatic N) is 1. The third-order valence-electron chi connectivity index (χ3n) is 1.65. The number of ether oxygens (including phenoxy) is 1. The molecule has 1 aromatic rings. The molecule has 0 saturated heterocycles. The number of halogens is 1. The Morgan fingerprint density at radius 2 is 2.20 bits per heavy atom. The van der Waals surface area contributed by atoms with E-state index in [1.165, 1.54) is 12.1 Å². The number of hydrogen-bond acceptors (Lipinski definition) is 3. The summed E-state index contributed by atoms with van der Waals surface area (Å²) in [6.45, 7) is 3.25. The highest BCUT2D eigenvalue weighted by atomic mass is 19.1. The molecule has 3 nitrogen and oxygen atoms in total. The summed E-state index contributed by atoms with van der Waals surface area (Å²) < 4.78 is 18.3. The maximum absolute atomic E-state index is 13.1. The van der Waals surface area contributed by atoms with Gasteiger partial charge in [-0.25, -0.2) is 4.39 Å². The van der Waals surface area contributed by atoms with Crippen LogP contribution >= 0.6 is 0 Å². The van der Waals surface area contributed by atoms with Gasteiger partial charge in [-0.3, -0.25) is 0 Å². The average molecular weight is 209 g/mol. The summed E-state index contributed by atoms with van der Waals surface area (Å²) in [5, 5.41) is 17.9. The molecule has 1 aromatic carbocycles. The van der Waals surface area contributed by atoms with Gasteiger partial charge in [0.2, 0.25) is 0 Å². The van der Waals surface area contributed by atoms with Crippen LogP contribution < -0.4 is 4.74 Å². The lowest BCUT2D eigenvalue weighted by Gasteiger charge is -2.17. The van der Waals surface area contributed by atoms with Crippen LogP contribution in [0.5, 0.6) is 5.75 Å². The molecule has 0 aliphatic heterocycles. The lowest BCUT2D eigenvalue weighted by Crippen LogP contribution is -2.27. The number of benzene rings is 1. The van der Waals surface area contributed by atoms with Crippen molar-refractivity contribution in [2.24, 2.45) is 0 Å². The van der Waals surface area contributed by atoms with Gasteiger partial charge < -0.3 is 9.84 Å². The lowest BCUT2D eigenvalue weighted by molar-refractivity contribution is 0.0284. The molecule has 0 bridgehead atoms. The molecule has 0 saturated carbocycles. The van der Waals surface area contributed by atoms with Gasteiger partial charge in [0.15, 0.2) is 0 Å². The van der Waals surface area contributed by atoms with Gasteiger partial charge in [-0.05, 0) is 26.0 Å². The third-order valence-corrected chi connectivity index (χ3v) is 1.65. The summed E-state index contributed by atoms with van der Waals surface area (Å²) in [5.41, 5.74) is -0.990. The third kappa shape index (κ3) is 3.56. The summed E-state index contributed by atoms with van der Waals surface area (Å²) in [6, 6.07) is 5.68. The molecule has 0 aromatic heterocycles. The standard InChI is InChI=1S/C11H12FNO2/c1-11(2,14)7-15-9-4-3-8(6-13)10(12)5-9/h3-5,14H,7H2,1-2H3. The molecule has 0 fully saturated rings. The number of aliphatic hydroxyl groups is 1. The highest BCUT2D eigenvalue weighted by Gasteiger charge is 2.13. The van der Waals surface area contributed by atoms with Gasteiger partial charge in [0, 0.05) is 6.07 Å². The fourth-order valence-electron chi connectivity index (χ4n) is 0.936. The van der Waals surface area contributed by atoms with Crippen LogP contribution in [0.15, 0.2) is 18.2 Å². The first-order valence-electron chi connectivity index (χ1n) is 4.47. The fourth-order valence-corrected chi connectivity index (χ4v) is 0.936. The quantitative estimate of drug-likeness (QED) is 0.826. The van der Waals surface area contributed by atoms with Crippen molar-refractivity contribution in [1.29, 1.82) is 5.26 Å². The van der Waals surface area contributed by atoms with Gasteiger partial charge >= 0.3 is 0 Å². The average Bonchev–Trinajstić information content (AvgIpc) is 2.14. The molecular weight excluding hydrogens is 197 g/mol. The Bertz CT molecular complexity index is 391. The summed E-state index contributed by atoms with van der Waals surface area (Å²) in [7, 11) is 0. The van der Waals surface area contributed by atoms with Crippen LogP contribution in [0.4, 0.5) is 4.39 Å². The van der Waals surface area contributed by atoms with Crippen LogP contribution in [0, 0.1) is 17.1 Å². The van der Waals surface area contributed by atoms with Crippen molar-refractivity contribution in [1.82, 2.24) is 0 Å². The van der Waals surface area contributed by atoms with E-state index in [1.54, 1.807) is 19.9 Å². The van der Waals surface area contributed by atoms with Gasteiger partial charge in [-0.1, -0.05) is 0 Å². The monoisotopic (exact) mass is 209 g/mol. The van der Waals surface area contributed by atoms with Gasteiger partial charge in [-0.2, -0.15) is 5.26 Å². The molecule has 1 rings (SSSR count). The van der Waals surface area contributed by atoms with Crippen molar-refractivity contribution in [2.45, 2.75) is 19.4 Å². The van der Waals surface area contributed by atoms with Crippen LogP contribution in [0.2, 0.25) is 0 Å². The van der Waals surface area contributed by atoms with Crippen molar-refractivity contribution in [3.63, 3.8) is 0 Å². The Hall–Kier alpha value is -1.60. The van der Waals surface area contributed by atoms with Crippen molar-refractivity contribution < 1.29 is 14.2 Å². The number of rotatable bonds is 3. The zero-order chi connectivity index (χ0) is 11.5. The molecule has 0 amide bonds. The molecule has 0 radical (unpaired) electrons. The largest absolute Gasteiger partial charge is 0.491 e. The first-order valence-corrected chi connectivity index (χ1v) is 4.47. The van der Waals surface area contributed by atoms with Crippen LogP contribution in [0.1, 0.15) is 19.4 Å². The van der Waals surface area contributed by atoms with E-state index in [2.05, 4.69) is 0 Å². The minimum Gasteiger partial charge on any atom is -0.491 e. The van der Waals surface area contributed by atoms with Crippen LogP contribution in [0.3, 0.4) is 0 Å². The SMILES string of the molecule is CC(C)(O)COc1ccc(C#N)c(F)c1. The van der Waals surface area contributed by atoms with Crippen molar-refractivity contribution in [2.75, 3.05) is 6.61 Å². The molecular formula is C11H12FNO2. The van der Waals surface area contributed by atoms with Crippen LogP contribution in [0.25, 0.3) is 0 Å². The predicted molar refractivity (Wildman–Crippen MR) is 52.9 cm³/mol. The van der Waals surface area contributed by atoms with E-state index < -0.39 is 11.4 Å². The Labute approximate surface area is 87.7 Å². The molecule has 80 valence electrons. The number of hydrogen-bond donors (Lipinski definition) is 1. The van der Waals surface area contributed by atoms with E-state index in [4.69, 9.17) is 10.00 Å². The molecule has 1 N–H and O–H groups in total. The maximum Gasteiger partial charge on any atom is 0.144 e. The van der Waals surface area contributed by atoms with E-state index in [1.807, 2.05) is 0 Å². The van der Waals surface area contributed by atoms with Gasteiger partial charge in [0.1, 0.15) is 24.2 Å². The summed E-state index contributed by atoms with van der Waals surface area (Å²) in [5.74, 6) is -0.320. The fraction of sp³-hybridized carbons (Fsp3) is 0.364. The zero-order valence-electron chi connectivity index (χ0n) is 8.62. The van der Waals surface area contributed by atoms with Crippen LogP contribution in [-0.4, -0.2) is 17.3 Å². The van der Waals surface area contributed by atoms with E-state index >= 15 is 0 Å². The van der Waals surface area contributed by atoms with E-state index in [0.29, 0.717) is 5.75 Å².